The fourth-order valence-electron chi connectivity index (χ4n) is 1.43. The van der Waals surface area contributed by atoms with Crippen LogP contribution in [0.1, 0.15) is 28.9 Å². The zero-order chi connectivity index (χ0) is 13.4. The van der Waals surface area contributed by atoms with Crippen LogP contribution in [0.4, 0.5) is 10.9 Å². The van der Waals surface area contributed by atoms with Crippen LogP contribution in [0.15, 0.2) is 0 Å². The highest BCUT2D eigenvalue weighted by Gasteiger charge is 2.14. The number of hydrogen-bond acceptors (Lipinski definition) is 6. The summed E-state index contributed by atoms with van der Waals surface area (Å²) >= 11 is 3.13. The minimum atomic E-state index is -0.128. The quantitative estimate of drug-likeness (QED) is 0.638. The molecule has 4 N–H and O–H groups in total. The molecule has 102 valence electrons. The van der Waals surface area contributed by atoms with Gasteiger partial charge in [-0.3, -0.25) is 4.79 Å². The molecule has 0 spiro atoms. The minimum Gasteiger partial charge on any atom is -0.382 e. The molecule has 1 rings (SSSR count). The summed E-state index contributed by atoms with van der Waals surface area (Å²) < 4.78 is 0. The van der Waals surface area contributed by atoms with E-state index in [0.717, 1.165) is 12.8 Å². The number of hydrogen-bond donors (Lipinski definition) is 3. The van der Waals surface area contributed by atoms with Gasteiger partial charge in [0.1, 0.15) is 10.7 Å². The molecule has 0 aliphatic heterocycles. The second-order valence-corrected chi connectivity index (χ2v) is 5.78. The van der Waals surface area contributed by atoms with Crippen molar-refractivity contribution in [2.45, 2.75) is 19.3 Å². The normalized spacial score (nSPS) is 10.3. The first-order valence-corrected chi connectivity index (χ1v) is 8.11. The molecule has 0 bridgehead atoms. The molecule has 18 heavy (non-hydrogen) atoms. The number of rotatable bonds is 8. The first kappa shape index (κ1) is 15.1. The molecule has 0 aromatic carbocycles. The second-order valence-electron chi connectivity index (χ2n) is 3.79. The molecule has 1 amide bonds. The fourth-order valence-corrected chi connectivity index (χ4v) is 2.68. The van der Waals surface area contributed by atoms with E-state index >= 15 is 0 Å². The standard InChI is InChI=1S/C11H20N4OS2/c1-13-11-15-9(12)8(18-11)10(16)14-6-4-3-5-7-17-2/h3-7,12H2,1-2H3,(H,13,15)(H,14,16). The maximum Gasteiger partial charge on any atom is 0.265 e. The van der Waals surface area contributed by atoms with Crippen molar-refractivity contribution in [3.05, 3.63) is 4.88 Å². The third-order valence-electron chi connectivity index (χ3n) is 2.38. The number of nitrogens with zero attached hydrogens (tertiary/aromatic N) is 1. The topological polar surface area (TPSA) is 80.0 Å². The van der Waals surface area contributed by atoms with Crippen molar-refractivity contribution >= 4 is 40.0 Å². The van der Waals surface area contributed by atoms with Crippen LogP contribution in [-0.2, 0) is 0 Å². The number of carbonyl (C=O) groups is 1. The van der Waals surface area contributed by atoms with Crippen molar-refractivity contribution in [1.82, 2.24) is 10.3 Å². The van der Waals surface area contributed by atoms with Crippen molar-refractivity contribution in [1.29, 1.82) is 0 Å². The summed E-state index contributed by atoms with van der Waals surface area (Å²) in [5.41, 5.74) is 5.68. The zero-order valence-electron chi connectivity index (χ0n) is 10.8. The molecule has 0 atom stereocenters. The van der Waals surface area contributed by atoms with Gasteiger partial charge in [0.2, 0.25) is 0 Å². The average Bonchev–Trinajstić information content (AvgIpc) is 2.75. The van der Waals surface area contributed by atoms with E-state index in [-0.39, 0.29) is 5.91 Å². The van der Waals surface area contributed by atoms with Gasteiger partial charge in [-0.1, -0.05) is 17.8 Å². The van der Waals surface area contributed by atoms with Crippen molar-refractivity contribution in [3.63, 3.8) is 0 Å². The molecule has 0 aliphatic rings. The lowest BCUT2D eigenvalue weighted by Crippen LogP contribution is -2.24. The monoisotopic (exact) mass is 288 g/mol. The summed E-state index contributed by atoms with van der Waals surface area (Å²) in [6, 6.07) is 0. The van der Waals surface area contributed by atoms with E-state index in [2.05, 4.69) is 21.9 Å². The molecule has 0 fully saturated rings. The molecular weight excluding hydrogens is 268 g/mol. The van der Waals surface area contributed by atoms with Crippen molar-refractivity contribution in [3.8, 4) is 0 Å². The molecule has 5 nitrogen and oxygen atoms in total. The van der Waals surface area contributed by atoms with Gasteiger partial charge in [0.05, 0.1) is 0 Å². The molecule has 0 aliphatic carbocycles. The summed E-state index contributed by atoms with van der Waals surface area (Å²) in [5, 5.41) is 6.41. The van der Waals surface area contributed by atoms with Gasteiger partial charge < -0.3 is 16.4 Å². The van der Waals surface area contributed by atoms with Gasteiger partial charge in [0, 0.05) is 13.6 Å². The highest BCUT2D eigenvalue weighted by Crippen LogP contribution is 2.24. The van der Waals surface area contributed by atoms with Gasteiger partial charge in [0.25, 0.3) is 5.91 Å². The molecule has 0 saturated heterocycles. The van der Waals surface area contributed by atoms with Gasteiger partial charge in [-0.2, -0.15) is 11.8 Å². The van der Waals surface area contributed by atoms with E-state index < -0.39 is 0 Å². The lowest BCUT2D eigenvalue weighted by Gasteiger charge is -2.03. The number of carbonyl (C=O) groups excluding carboxylic acids is 1. The number of thiazole rings is 1. The van der Waals surface area contributed by atoms with Crippen molar-refractivity contribution in [2.24, 2.45) is 0 Å². The van der Waals surface area contributed by atoms with E-state index in [1.807, 2.05) is 11.8 Å². The lowest BCUT2D eigenvalue weighted by molar-refractivity contribution is 0.0957. The number of nitrogens with one attached hydrogen (secondary N) is 2. The van der Waals surface area contributed by atoms with Gasteiger partial charge in [-0.05, 0) is 24.9 Å². The van der Waals surface area contributed by atoms with E-state index in [1.54, 1.807) is 7.05 Å². The summed E-state index contributed by atoms with van der Waals surface area (Å²) in [6.45, 7) is 0.694. The van der Waals surface area contributed by atoms with Crippen LogP contribution in [0.25, 0.3) is 0 Å². The predicted octanol–water partition coefficient (Wildman–Crippen LogP) is 2.03. The van der Waals surface area contributed by atoms with Gasteiger partial charge in [-0.25, -0.2) is 4.98 Å². The Balaban J connectivity index is 2.29. The van der Waals surface area contributed by atoms with Crippen LogP contribution in [0.5, 0.6) is 0 Å². The number of aromatic nitrogens is 1. The highest BCUT2D eigenvalue weighted by atomic mass is 32.2. The van der Waals surface area contributed by atoms with E-state index in [0.29, 0.717) is 22.4 Å². The van der Waals surface area contributed by atoms with Crippen LogP contribution >= 0.6 is 23.1 Å². The Morgan fingerprint density at radius 1 is 1.44 bits per heavy atom. The first-order chi connectivity index (χ1) is 8.69. The molecule has 1 aromatic rings. The Morgan fingerprint density at radius 3 is 2.83 bits per heavy atom. The smallest absolute Gasteiger partial charge is 0.265 e. The summed E-state index contributed by atoms with van der Waals surface area (Å²) in [6.07, 6.45) is 5.45. The van der Waals surface area contributed by atoms with Gasteiger partial charge >= 0.3 is 0 Å². The average molecular weight is 288 g/mol. The number of amides is 1. The van der Waals surface area contributed by atoms with Crippen LogP contribution < -0.4 is 16.4 Å². The highest BCUT2D eigenvalue weighted by molar-refractivity contribution is 7.98. The Bertz CT molecular complexity index is 381. The summed E-state index contributed by atoms with van der Waals surface area (Å²) in [4.78, 5) is 16.4. The largest absolute Gasteiger partial charge is 0.382 e. The molecular formula is C11H20N4OS2. The van der Waals surface area contributed by atoms with Crippen molar-refractivity contribution in [2.75, 3.05) is 36.7 Å². The van der Waals surface area contributed by atoms with Crippen LogP contribution in [0.3, 0.4) is 0 Å². The van der Waals surface area contributed by atoms with E-state index in [1.165, 1.54) is 23.5 Å². The lowest BCUT2D eigenvalue weighted by atomic mass is 10.2. The third-order valence-corrected chi connectivity index (χ3v) is 4.17. The minimum absolute atomic E-state index is 0.128. The second kappa shape index (κ2) is 8.20. The number of anilines is 2. The van der Waals surface area contributed by atoms with E-state index in [4.69, 9.17) is 5.73 Å². The third kappa shape index (κ3) is 4.73. The maximum atomic E-state index is 11.8. The molecule has 7 heteroatoms. The number of unbranched alkanes of at least 4 members (excludes halogenated alkanes) is 2. The SMILES string of the molecule is CNc1nc(N)c(C(=O)NCCCCCSC)s1. The van der Waals surface area contributed by atoms with Crippen LogP contribution in [0, 0.1) is 0 Å². The first-order valence-electron chi connectivity index (χ1n) is 5.90. The number of nitrogens with two attached hydrogens (primary N) is 1. The number of nitrogen functional groups attached to an aromatic ring is 1. The molecule has 0 unspecified atom stereocenters. The maximum absolute atomic E-state index is 11.8. The number of thioether (sulfide) groups is 1. The summed E-state index contributed by atoms with van der Waals surface area (Å²) in [7, 11) is 1.76. The Kier molecular flexibility index (Phi) is 6.89. The van der Waals surface area contributed by atoms with Gasteiger partial charge in [0.15, 0.2) is 5.13 Å². The van der Waals surface area contributed by atoms with Gasteiger partial charge in [-0.15, -0.1) is 0 Å². The van der Waals surface area contributed by atoms with Crippen LogP contribution in [0.2, 0.25) is 0 Å². The Hall–Kier alpha value is -0.950. The fraction of sp³-hybridized carbons (Fsp3) is 0.636. The van der Waals surface area contributed by atoms with Crippen molar-refractivity contribution < 1.29 is 4.79 Å². The predicted molar refractivity (Wildman–Crippen MR) is 80.6 cm³/mol. The molecule has 1 heterocycles. The molecule has 0 saturated carbocycles. The Morgan fingerprint density at radius 2 is 2.22 bits per heavy atom. The zero-order valence-corrected chi connectivity index (χ0v) is 12.4. The van der Waals surface area contributed by atoms with E-state index in [9.17, 15) is 4.79 Å². The molecule has 1 aromatic heterocycles. The Labute approximate surface area is 116 Å². The van der Waals surface area contributed by atoms with Crippen LogP contribution in [-0.4, -0.2) is 36.5 Å². The summed E-state index contributed by atoms with van der Waals surface area (Å²) in [5.74, 6) is 1.35. The molecule has 0 radical (unpaired) electrons.